The van der Waals surface area contributed by atoms with Crippen molar-refractivity contribution in [3.63, 3.8) is 0 Å². The number of nitrogens with zero attached hydrogens (tertiary/aromatic N) is 1. The van der Waals surface area contributed by atoms with Crippen LogP contribution in [0, 0.1) is 0 Å². The van der Waals surface area contributed by atoms with E-state index in [9.17, 15) is 0 Å². The van der Waals surface area contributed by atoms with Crippen LogP contribution in [0.5, 0.6) is 0 Å². The lowest BCUT2D eigenvalue weighted by molar-refractivity contribution is 0.804. The quantitative estimate of drug-likeness (QED) is 0.0946. The summed E-state index contributed by atoms with van der Waals surface area (Å²) in [4.78, 5) is 0. The van der Waals surface area contributed by atoms with Gasteiger partial charge in [-0.25, -0.2) is 0 Å². The molecule has 2 aliphatic rings. The summed E-state index contributed by atoms with van der Waals surface area (Å²) >= 11 is 0. The number of allylic oxidation sites excluding steroid dienone is 12. The van der Waals surface area contributed by atoms with Gasteiger partial charge in [-0.2, -0.15) is 0 Å². The maximum absolute atomic E-state index is 4.35. The monoisotopic (exact) mass is 719 g/mol. The minimum atomic E-state index is 0.969. The Balaban J connectivity index is 0.00000253. The lowest BCUT2D eigenvalue weighted by Crippen LogP contribution is -2.28. The Morgan fingerprint density at radius 2 is 1.47 bits per heavy atom. The van der Waals surface area contributed by atoms with Crippen LogP contribution in [0.4, 0.5) is 0 Å². The molecule has 0 saturated carbocycles. The topological polar surface area (TPSA) is 4.93 Å². The Bertz CT molecular complexity index is 2520. The van der Waals surface area contributed by atoms with Crippen molar-refractivity contribution in [3.8, 4) is 0 Å². The summed E-state index contributed by atoms with van der Waals surface area (Å²) in [6.45, 7) is 19.1. The molecule has 0 radical (unpaired) electrons. The minimum Gasteiger partial charge on any atom is -0.324 e. The SMILES string of the molecule is C=CC(=C\C(=C/C)c1ccc2c3c(c4ccccc4c2c1)=CCCC=3)/C(=C/c1cn(/C(C)=C/C=C(\C=C)c2ccccc2)c2c1C=CCCC2)CCC.CC. The molecule has 0 spiro atoms. The molecule has 0 fully saturated rings. The highest BCUT2D eigenvalue weighted by Crippen LogP contribution is 2.33. The van der Waals surface area contributed by atoms with Crippen molar-refractivity contribution in [2.24, 2.45) is 0 Å². The second-order valence-corrected chi connectivity index (χ2v) is 14.2. The van der Waals surface area contributed by atoms with Gasteiger partial charge in [0.25, 0.3) is 0 Å². The predicted octanol–water partition coefficient (Wildman–Crippen LogP) is 14.1. The van der Waals surface area contributed by atoms with Gasteiger partial charge >= 0.3 is 0 Å². The summed E-state index contributed by atoms with van der Waals surface area (Å²) in [6, 6.07) is 26.4. The van der Waals surface area contributed by atoms with Crippen molar-refractivity contribution in [2.75, 3.05) is 0 Å². The third-order valence-corrected chi connectivity index (χ3v) is 10.8. The first-order valence-corrected chi connectivity index (χ1v) is 20.4. The van der Waals surface area contributed by atoms with Gasteiger partial charge in [0.05, 0.1) is 0 Å². The van der Waals surface area contributed by atoms with Gasteiger partial charge in [-0.3, -0.25) is 0 Å². The summed E-state index contributed by atoms with van der Waals surface area (Å²) in [6.07, 6.45) is 34.8. The van der Waals surface area contributed by atoms with Crippen LogP contribution in [0.2, 0.25) is 0 Å². The van der Waals surface area contributed by atoms with Crippen LogP contribution in [-0.4, -0.2) is 4.57 Å². The largest absolute Gasteiger partial charge is 0.324 e. The van der Waals surface area contributed by atoms with E-state index in [0.29, 0.717) is 0 Å². The van der Waals surface area contributed by atoms with E-state index in [1.165, 1.54) is 82.3 Å². The Morgan fingerprint density at radius 3 is 2.16 bits per heavy atom. The first-order valence-electron chi connectivity index (χ1n) is 20.4. The average molecular weight is 720 g/mol. The van der Waals surface area contributed by atoms with Gasteiger partial charge in [-0.1, -0.05) is 156 Å². The van der Waals surface area contributed by atoms with Crippen LogP contribution < -0.4 is 10.4 Å². The van der Waals surface area contributed by atoms with E-state index < -0.39 is 0 Å². The highest BCUT2D eigenvalue weighted by molar-refractivity contribution is 6.09. The van der Waals surface area contributed by atoms with Crippen LogP contribution in [0.3, 0.4) is 0 Å². The van der Waals surface area contributed by atoms with Gasteiger partial charge in [0, 0.05) is 28.7 Å². The molecule has 2 aliphatic carbocycles. The molecule has 4 aromatic carbocycles. The van der Waals surface area contributed by atoms with Crippen LogP contribution >= 0.6 is 0 Å². The van der Waals surface area contributed by atoms with Crippen molar-refractivity contribution >= 4 is 62.7 Å². The fourth-order valence-corrected chi connectivity index (χ4v) is 8.11. The first-order chi connectivity index (χ1) is 27.0. The number of fused-ring (bicyclic) bond motifs is 7. The summed E-state index contributed by atoms with van der Waals surface area (Å²) < 4.78 is 2.41. The van der Waals surface area contributed by atoms with Gasteiger partial charge in [-0.15, -0.1) is 0 Å². The van der Waals surface area contributed by atoms with Crippen molar-refractivity contribution < 1.29 is 0 Å². The number of aromatic nitrogens is 1. The molecule has 7 rings (SSSR count). The number of benzene rings is 4. The number of rotatable bonds is 11. The zero-order valence-electron chi connectivity index (χ0n) is 33.7. The van der Waals surface area contributed by atoms with E-state index in [0.717, 1.165) is 50.5 Å². The molecule has 1 nitrogen and oxygen atoms in total. The van der Waals surface area contributed by atoms with Gasteiger partial charge in [0.15, 0.2) is 0 Å². The lowest BCUT2D eigenvalue weighted by Gasteiger charge is -2.14. The number of hydrogen-bond donors (Lipinski definition) is 0. The summed E-state index contributed by atoms with van der Waals surface area (Å²) in [5, 5.41) is 8.10. The van der Waals surface area contributed by atoms with E-state index in [4.69, 9.17) is 0 Å². The van der Waals surface area contributed by atoms with Crippen LogP contribution in [0.1, 0.15) is 101 Å². The van der Waals surface area contributed by atoms with Crippen LogP contribution in [0.15, 0.2) is 146 Å². The molecule has 0 aliphatic heterocycles. The van der Waals surface area contributed by atoms with Crippen molar-refractivity contribution in [1.82, 2.24) is 4.57 Å². The maximum atomic E-state index is 4.35. The third-order valence-electron chi connectivity index (χ3n) is 10.8. The normalized spacial score (nSPS) is 15.0. The molecule has 0 bridgehead atoms. The second-order valence-electron chi connectivity index (χ2n) is 14.2. The highest BCUT2D eigenvalue weighted by Gasteiger charge is 2.17. The fraction of sp³-hybridized carbons (Fsp3) is 0.222. The van der Waals surface area contributed by atoms with Crippen LogP contribution in [0.25, 0.3) is 62.7 Å². The van der Waals surface area contributed by atoms with Gasteiger partial charge in [0.1, 0.15) is 0 Å². The molecule has 5 aromatic rings. The van der Waals surface area contributed by atoms with E-state index in [1.54, 1.807) is 0 Å². The Labute approximate surface area is 329 Å². The van der Waals surface area contributed by atoms with E-state index >= 15 is 0 Å². The Morgan fingerprint density at radius 1 is 0.764 bits per heavy atom. The lowest BCUT2D eigenvalue weighted by atomic mass is 9.90. The summed E-state index contributed by atoms with van der Waals surface area (Å²) in [7, 11) is 0. The standard InChI is InChI=1S/C52H51N.C2H6/c1-6-20-42(34-44-36-53(52-28-15-11-14-23-45(44)52)37(5)29-30-38(7-2)41-21-12-10-13-22-41)39(8-3)33-40(9-4)43-31-32-50-48-26-17-16-24-46(48)47-25-18-19-27-49(47)51(50)35-43;1-2/h7-10,12-14,18-19,21-27,29-36H,2-3,6,11,15-17,20,28H2,1,4-5H3;1-2H3/b37-29+,38-30+,39-33+,40-9+,42-34+;. The summed E-state index contributed by atoms with van der Waals surface area (Å²) in [5.74, 6) is 0. The molecule has 0 N–H and O–H groups in total. The molecule has 0 atom stereocenters. The van der Waals surface area contributed by atoms with Crippen LogP contribution in [-0.2, 0) is 6.42 Å². The van der Waals surface area contributed by atoms with Gasteiger partial charge in [0.2, 0.25) is 0 Å². The van der Waals surface area contributed by atoms with Gasteiger partial charge < -0.3 is 4.57 Å². The molecule has 1 aromatic heterocycles. The van der Waals surface area contributed by atoms with E-state index in [1.807, 2.05) is 26.0 Å². The van der Waals surface area contributed by atoms with Gasteiger partial charge in [-0.05, 0) is 142 Å². The van der Waals surface area contributed by atoms with Crippen molar-refractivity contribution in [1.29, 1.82) is 0 Å². The molecule has 55 heavy (non-hydrogen) atoms. The molecule has 0 saturated heterocycles. The zero-order valence-corrected chi connectivity index (χ0v) is 33.7. The van der Waals surface area contributed by atoms with Crippen molar-refractivity contribution in [3.05, 3.63) is 184 Å². The summed E-state index contributed by atoms with van der Waals surface area (Å²) in [5.41, 5.74) is 12.4. The molecule has 278 valence electrons. The second kappa shape index (κ2) is 18.6. The van der Waals surface area contributed by atoms with E-state index in [-0.39, 0.29) is 0 Å². The molecule has 0 amide bonds. The fourth-order valence-electron chi connectivity index (χ4n) is 8.11. The molecule has 1 heterocycles. The highest BCUT2D eigenvalue weighted by atomic mass is 15.0. The first kappa shape index (κ1) is 39.0. The molecule has 1 heteroatoms. The molecular weight excluding hydrogens is 663 g/mol. The van der Waals surface area contributed by atoms with E-state index in [2.05, 4.69) is 172 Å². The smallest absolute Gasteiger partial charge is 0.0302 e. The average Bonchev–Trinajstić information content (AvgIpc) is 3.39. The molecule has 0 unspecified atom stereocenters. The Kier molecular flexibility index (Phi) is 13.2. The predicted molar refractivity (Wildman–Crippen MR) is 246 cm³/mol. The minimum absolute atomic E-state index is 0.969. The maximum Gasteiger partial charge on any atom is 0.0302 e. The Hall–Kier alpha value is -5.66. The zero-order chi connectivity index (χ0) is 38.7. The molecular formula is C54H57N. The number of hydrogen-bond acceptors (Lipinski definition) is 0. The third kappa shape index (κ3) is 8.37. The van der Waals surface area contributed by atoms with Crippen molar-refractivity contribution in [2.45, 2.75) is 79.6 Å².